The first kappa shape index (κ1) is 10.9. The highest BCUT2D eigenvalue weighted by molar-refractivity contribution is 5.27. The first-order chi connectivity index (χ1) is 7.90. The smallest absolute Gasteiger partial charge is 0.266 e. The SMILES string of the molecule is N#CCCCc1nc(N2CCOCC2)no1. The summed E-state index contributed by atoms with van der Waals surface area (Å²) in [7, 11) is 0. The van der Waals surface area contributed by atoms with Gasteiger partial charge in [-0.15, -0.1) is 0 Å². The third kappa shape index (κ3) is 2.70. The molecule has 2 rings (SSSR count). The molecule has 1 aliphatic heterocycles. The van der Waals surface area contributed by atoms with Gasteiger partial charge in [0.15, 0.2) is 0 Å². The molecule has 0 atom stereocenters. The Bertz CT molecular complexity index is 365. The van der Waals surface area contributed by atoms with E-state index in [9.17, 15) is 0 Å². The summed E-state index contributed by atoms with van der Waals surface area (Å²) in [5, 5.41) is 12.3. The van der Waals surface area contributed by atoms with Crippen molar-refractivity contribution in [2.75, 3.05) is 31.2 Å². The lowest BCUT2D eigenvalue weighted by atomic mass is 10.2. The summed E-state index contributed by atoms with van der Waals surface area (Å²) in [5.41, 5.74) is 0. The quantitative estimate of drug-likeness (QED) is 0.700. The zero-order chi connectivity index (χ0) is 11.2. The second kappa shape index (κ2) is 5.47. The summed E-state index contributed by atoms with van der Waals surface area (Å²) >= 11 is 0. The van der Waals surface area contributed by atoms with Gasteiger partial charge in [-0.3, -0.25) is 0 Å². The van der Waals surface area contributed by atoms with Gasteiger partial charge in [-0.05, 0) is 11.6 Å². The number of rotatable bonds is 4. The van der Waals surface area contributed by atoms with Crippen molar-refractivity contribution in [2.45, 2.75) is 19.3 Å². The molecule has 1 aromatic heterocycles. The van der Waals surface area contributed by atoms with Crippen molar-refractivity contribution in [3.8, 4) is 6.07 Å². The number of hydrogen-bond donors (Lipinski definition) is 0. The van der Waals surface area contributed by atoms with Crippen LogP contribution < -0.4 is 4.90 Å². The summed E-state index contributed by atoms with van der Waals surface area (Å²) in [4.78, 5) is 6.33. The number of anilines is 1. The molecule has 0 bridgehead atoms. The summed E-state index contributed by atoms with van der Waals surface area (Å²) in [6, 6.07) is 2.09. The van der Waals surface area contributed by atoms with E-state index in [1.54, 1.807) is 0 Å². The van der Waals surface area contributed by atoms with E-state index in [0.29, 0.717) is 37.9 Å². The molecule has 0 radical (unpaired) electrons. The molecule has 0 unspecified atom stereocenters. The number of hydrogen-bond acceptors (Lipinski definition) is 6. The maximum Gasteiger partial charge on any atom is 0.266 e. The molecule has 1 saturated heterocycles. The molecule has 0 aromatic carbocycles. The van der Waals surface area contributed by atoms with Gasteiger partial charge >= 0.3 is 0 Å². The molecule has 0 saturated carbocycles. The monoisotopic (exact) mass is 222 g/mol. The van der Waals surface area contributed by atoms with Crippen LogP contribution in [-0.4, -0.2) is 36.4 Å². The number of morpholine rings is 1. The molecule has 2 heterocycles. The van der Waals surface area contributed by atoms with Crippen molar-refractivity contribution >= 4 is 5.95 Å². The summed E-state index contributed by atoms with van der Waals surface area (Å²) in [6.45, 7) is 3.02. The van der Waals surface area contributed by atoms with Gasteiger partial charge in [-0.1, -0.05) is 0 Å². The average Bonchev–Trinajstić information content (AvgIpc) is 2.79. The fourth-order valence-electron chi connectivity index (χ4n) is 1.56. The molecule has 86 valence electrons. The zero-order valence-corrected chi connectivity index (χ0v) is 9.06. The molecule has 0 N–H and O–H groups in total. The van der Waals surface area contributed by atoms with E-state index in [1.807, 2.05) is 4.90 Å². The predicted octanol–water partition coefficient (Wildman–Crippen LogP) is 0.752. The van der Waals surface area contributed by atoms with E-state index < -0.39 is 0 Å². The third-order valence-electron chi connectivity index (χ3n) is 2.43. The molecule has 1 aromatic rings. The number of nitrogens with zero attached hydrogens (tertiary/aromatic N) is 4. The van der Waals surface area contributed by atoms with Gasteiger partial charge in [0.1, 0.15) is 0 Å². The number of nitriles is 1. The van der Waals surface area contributed by atoms with E-state index >= 15 is 0 Å². The number of aromatic nitrogens is 2. The summed E-state index contributed by atoms with van der Waals surface area (Å²) in [6.07, 6.45) is 1.96. The van der Waals surface area contributed by atoms with E-state index in [0.717, 1.165) is 19.5 Å². The maximum absolute atomic E-state index is 8.41. The molecular formula is C10H14N4O2. The minimum atomic E-state index is 0.523. The van der Waals surface area contributed by atoms with Gasteiger partial charge in [0.05, 0.1) is 19.3 Å². The van der Waals surface area contributed by atoms with Crippen molar-refractivity contribution in [3.05, 3.63) is 5.89 Å². The second-order valence-electron chi connectivity index (χ2n) is 3.60. The van der Waals surface area contributed by atoms with Gasteiger partial charge in [0, 0.05) is 25.9 Å². The minimum absolute atomic E-state index is 0.523. The van der Waals surface area contributed by atoms with Gasteiger partial charge in [0.25, 0.3) is 5.95 Å². The Morgan fingerprint density at radius 3 is 2.94 bits per heavy atom. The Balaban J connectivity index is 1.88. The third-order valence-corrected chi connectivity index (χ3v) is 2.43. The van der Waals surface area contributed by atoms with Crippen LogP contribution in [-0.2, 0) is 11.2 Å². The highest BCUT2D eigenvalue weighted by Gasteiger charge is 2.16. The van der Waals surface area contributed by atoms with Crippen LogP contribution >= 0.6 is 0 Å². The van der Waals surface area contributed by atoms with Crippen LogP contribution in [0.5, 0.6) is 0 Å². The molecule has 0 spiro atoms. The standard InChI is InChI=1S/C10H14N4O2/c11-4-2-1-3-9-12-10(13-16-9)14-5-7-15-8-6-14/h1-3,5-8H2. The molecule has 0 aliphatic carbocycles. The molecule has 0 amide bonds. The highest BCUT2D eigenvalue weighted by Crippen LogP contribution is 2.12. The highest BCUT2D eigenvalue weighted by atomic mass is 16.5. The molecular weight excluding hydrogens is 208 g/mol. The van der Waals surface area contributed by atoms with Gasteiger partial charge < -0.3 is 14.2 Å². The van der Waals surface area contributed by atoms with Crippen LogP contribution in [0.4, 0.5) is 5.95 Å². The van der Waals surface area contributed by atoms with Crippen LogP contribution in [0.25, 0.3) is 0 Å². The van der Waals surface area contributed by atoms with Crippen molar-refractivity contribution in [2.24, 2.45) is 0 Å². The summed E-state index contributed by atoms with van der Waals surface area (Å²) < 4.78 is 10.4. The Hall–Kier alpha value is -1.61. The Morgan fingerprint density at radius 1 is 1.38 bits per heavy atom. The lowest BCUT2D eigenvalue weighted by Gasteiger charge is -2.24. The lowest BCUT2D eigenvalue weighted by molar-refractivity contribution is 0.121. The largest absolute Gasteiger partial charge is 0.378 e. The second-order valence-corrected chi connectivity index (χ2v) is 3.60. The van der Waals surface area contributed by atoms with Gasteiger partial charge in [-0.2, -0.15) is 10.2 Å². The topological polar surface area (TPSA) is 75.2 Å². The first-order valence-electron chi connectivity index (χ1n) is 5.42. The number of ether oxygens (including phenoxy) is 1. The lowest BCUT2D eigenvalue weighted by Crippen LogP contribution is -2.36. The van der Waals surface area contributed by atoms with Crippen LogP contribution in [0.1, 0.15) is 18.7 Å². The molecule has 6 heteroatoms. The Morgan fingerprint density at radius 2 is 2.19 bits per heavy atom. The van der Waals surface area contributed by atoms with Gasteiger partial charge in [-0.25, -0.2) is 0 Å². The Kier molecular flexibility index (Phi) is 3.72. The van der Waals surface area contributed by atoms with E-state index in [1.165, 1.54) is 0 Å². The van der Waals surface area contributed by atoms with E-state index in [-0.39, 0.29) is 0 Å². The fraction of sp³-hybridized carbons (Fsp3) is 0.700. The van der Waals surface area contributed by atoms with Crippen LogP contribution in [0.15, 0.2) is 4.52 Å². The molecule has 1 fully saturated rings. The maximum atomic E-state index is 8.41. The number of unbranched alkanes of at least 4 members (excludes halogenated alkanes) is 1. The van der Waals surface area contributed by atoms with E-state index in [2.05, 4.69) is 16.2 Å². The van der Waals surface area contributed by atoms with Crippen molar-refractivity contribution in [1.82, 2.24) is 10.1 Å². The van der Waals surface area contributed by atoms with Crippen molar-refractivity contribution in [1.29, 1.82) is 5.26 Å². The predicted molar refractivity (Wildman–Crippen MR) is 55.9 cm³/mol. The molecule has 16 heavy (non-hydrogen) atoms. The molecule has 1 aliphatic rings. The fourth-order valence-corrected chi connectivity index (χ4v) is 1.56. The van der Waals surface area contributed by atoms with Crippen molar-refractivity contribution < 1.29 is 9.26 Å². The molecule has 6 nitrogen and oxygen atoms in total. The minimum Gasteiger partial charge on any atom is -0.378 e. The number of aryl methyl sites for hydroxylation is 1. The normalized spacial score (nSPS) is 16.1. The first-order valence-corrected chi connectivity index (χ1v) is 5.42. The van der Waals surface area contributed by atoms with E-state index in [4.69, 9.17) is 14.5 Å². The average molecular weight is 222 g/mol. The van der Waals surface area contributed by atoms with Crippen LogP contribution in [0, 0.1) is 11.3 Å². The summed E-state index contributed by atoms with van der Waals surface area (Å²) in [5.74, 6) is 1.24. The van der Waals surface area contributed by atoms with Crippen LogP contribution in [0.2, 0.25) is 0 Å². The Labute approximate surface area is 93.8 Å². The van der Waals surface area contributed by atoms with Crippen LogP contribution in [0.3, 0.4) is 0 Å². The van der Waals surface area contributed by atoms with Gasteiger partial charge in [0.2, 0.25) is 5.89 Å². The van der Waals surface area contributed by atoms with Crippen molar-refractivity contribution in [3.63, 3.8) is 0 Å². The zero-order valence-electron chi connectivity index (χ0n) is 9.06.